The van der Waals surface area contributed by atoms with Crippen LogP contribution < -0.4 is 20.3 Å². The average molecular weight is 471 g/mol. The van der Waals surface area contributed by atoms with Crippen LogP contribution in [0.25, 0.3) is 11.4 Å². The summed E-state index contributed by atoms with van der Waals surface area (Å²) >= 11 is 0. The molecule has 0 aliphatic rings. The van der Waals surface area contributed by atoms with Gasteiger partial charge in [-0.25, -0.2) is 4.39 Å². The first kappa shape index (κ1) is 24.8. The van der Waals surface area contributed by atoms with Gasteiger partial charge in [0.2, 0.25) is 5.91 Å². The van der Waals surface area contributed by atoms with E-state index in [2.05, 4.69) is 20.5 Å². The summed E-state index contributed by atoms with van der Waals surface area (Å²) in [5, 5.41) is 10.8. The topological polar surface area (TPSA) is 115 Å². The third-order valence-corrected chi connectivity index (χ3v) is 4.98. The summed E-state index contributed by atoms with van der Waals surface area (Å²) in [6, 6.07) is 11.3. The summed E-state index contributed by atoms with van der Waals surface area (Å²) in [6.07, 6.45) is 1.02. The lowest BCUT2D eigenvalue weighted by Gasteiger charge is -2.12. The number of aromatic nitrogens is 3. The zero-order valence-electron chi connectivity index (χ0n) is 19.1. The van der Waals surface area contributed by atoms with E-state index in [1.165, 1.54) is 13.2 Å². The first-order chi connectivity index (χ1) is 16.5. The summed E-state index contributed by atoms with van der Waals surface area (Å²) in [6.45, 7) is 1.11. The Morgan fingerprint density at radius 2 is 1.94 bits per heavy atom. The number of hydrogen-bond acceptors (Lipinski definition) is 7. The first-order valence-corrected chi connectivity index (χ1v) is 10.8. The van der Waals surface area contributed by atoms with Crippen LogP contribution in [0.4, 0.5) is 4.39 Å². The molecule has 9 nitrogen and oxygen atoms in total. The van der Waals surface area contributed by atoms with Crippen LogP contribution in [0.2, 0.25) is 0 Å². The number of ether oxygens (including phenoxy) is 3. The van der Waals surface area contributed by atoms with E-state index in [4.69, 9.17) is 14.2 Å². The van der Waals surface area contributed by atoms with E-state index in [1.54, 1.807) is 43.5 Å². The van der Waals surface area contributed by atoms with Crippen molar-refractivity contribution >= 4 is 5.91 Å². The predicted molar refractivity (Wildman–Crippen MR) is 123 cm³/mol. The van der Waals surface area contributed by atoms with Gasteiger partial charge in [0.1, 0.15) is 18.1 Å². The maximum Gasteiger partial charge on any atom is 0.273 e. The molecule has 0 saturated carbocycles. The lowest BCUT2D eigenvalue weighted by atomic mass is 10.2. The quantitative estimate of drug-likeness (QED) is 0.391. The molecule has 1 amide bonds. The zero-order chi connectivity index (χ0) is 24.3. The highest BCUT2D eigenvalue weighted by atomic mass is 19.1. The van der Waals surface area contributed by atoms with Gasteiger partial charge < -0.3 is 24.5 Å². The number of aryl methyl sites for hydroxylation is 1. The molecule has 2 aromatic carbocycles. The second-order valence-electron chi connectivity index (χ2n) is 7.39. The van der Waals surface area contributed by atoms with Crippen LogP contribution in [0.3, 0.4) is 0 Å². The minimum Gasteiger partial charge on any atom is -0.493 e. The van der Waals surface area contributed by atoms with Crippen molar-refractivity contribution in [3.8, 4) is 22.9 Å². The van der Waals surface area contributed by atoms with Crippen molar-refractivity contribution in [3.63, 3.8) is 0 Å². The maximum absolute atomic E-state index is 13.8. The Balaban J connectivity index is 1.64. The Morgan fingerprint density at radius 3 is 2.68 bits per heavy atom. The van der Waals surface area contributed by atoms with Crippen LogP contribution in [0.5, 0.6) is 11.5 Å². The van der Waals surface area contributed by atoms with Crippen LogP contribution in [-0.4, -0.2) is 48.5 Å². The van der Waals surface area contributed by atoms with Crippen molar-refractivity contribution < 1.29 is 23.4 Å². The number of benzene rings is 2. The number of nitrogens with zero attached hydrogens (tertiary/aromatic N) is 2. The number of aromatic amines is 1. The fourth-order valence-corrected chi connectivity index (χ4v) is 3.12. The number of halogens is 1. The van der Waals surface area contributed by atoms with E-state index in [9.17, 15) is 14.0 Å². The molecule has 34 heavy (non-hydrogen) atoms. The Bertz CT molecular complexity index is 1170. The van der Waals surface area contributed by atoms with Gasteiger partial charge >= 0.3 is 0 Å². The summed E-state index contributed by atoms with van der Waals surface area (Å²) in [5.41, 5.74) is 0.730. The Kier molecular flexibility index (Phi) is 9.10. The number of carbonyl (C=O) groups excluding carboxylic acids is 1. The van der Waals surface area contributed by atoms with Crippen molar-refractivity contribution in [2.24, 2.45) is 0 Å². The highest BCUT2D eigenvalue weighted by Gasteiger charge is 2.13. The number of carbonyl (C=O) groups is 1. The average Bonchev–Trinajstić information content (AvgIpc) is 2.85. The lowest BCUT2D eigenvalue weighted by Crippen LogP contribution is -2.27. The highest BCUT2D eigenvalue weighted by molar-refractivity contribution is 5.76. The molecule has 2 N–H and O–H groups in total. The van der Waals surface area contributed by atoms with Crippen molar-refractivity contribution in [1.82, 2.24) is 20.5 Å². The molecular weight excluding hydrogens is 443 g/mol. The summed E-state index contributed by atoms with van der Waals surface area (Å²) in [4.78, 5) is 27.0. The first-order valence-electron chi connectivity index (χ1n) is 10.8. The smallest absolute Gasteiger partial charge is 0.273 e. The minimum atomic E-state index is -0.420. The van der Waals surface area contributed by atoms with Gasteiger partial charge in [-0.15, -0.1) is 10.2 Å². The highest BCUT2D eigenvalue weighted by Crippen LogP contribution is 2.31. The van der Waals surface area contributed by atoms with Crippen LogP contribution in [0, 0.1) is 5.82 Å². The SMILES string of the molecule is COCCCNC(=O)CCc1nnc(-c2ccc(OCc3ccccc3F)c(OC)c2)[nH]c1=O. The fraction of sp³-hybridized carbons (Fsp3) is 0.333. The van der Waals surface area contributed by atoms with E-state index in [1.807, 2.05) is 0 Å². The number of hydrogen-bond donors (Lipinski definition) is 2. The van der Waals surface area contributed by atoms with Gasteiger partial charge in [0.15, 0.2) is 17.3 Å². The van der Waals surface area contributed by atoms with Gasteiger partial charge in [0.25, 0.3) is 5.56 Å². The van der Waals surface area contributed by atoms with Crippen LogP contribution in [-0.2, 0) is 22.6 Å². The van der Waals surface area contributed by atoms with E-state index in [-0.39, 0.29) is 42.7 Å². The molecule has 3 aromatic rings. The van der Waals surface area contributed by atoms with Gasteiger partial charge in [-0.1, -0.05) is 18.2 Å². The fourth-order valence-electron chi connectivity index (χ4n) is 3.12. The standard InChI is InChI=1S/C24H27FN4O5/c1-32-13-5-12-26-22(30)11-9-19-24(31)27-23(29-28-19)16-8-10-20(21(14-16)33-2)34-15-17-6-3-4-7-18(17)25/h3-4,6-8,10,14H,5,9,11-13,15H2,1-2H3,(H,26,30)(H,27,29,31). The maximum atomic E-state index is 13.8. The molecule has 0 spiro atoms. The second kappa shape index (κ2) is 12.4. The number of amides is 1. The van der Waals surface area contributed by atoms with E-state index >= 15 is 0 Å². The molecule has 0 saturated heterocycles. The van der Waals surface area contributed by atoms with Gasteiger partial charge in [0.05, 0.1) is 7.11 Å². The number of methoxy groups -OCH3 is 2. The van der Waals surface area contributed by atoms with Crippen molar-refractivity contribution in [2.45, 2.75) is 25.9 Å². The van der Waals surface area contributed by atoms with Gasteiger partial charge in [-0.05, 0) is 30.7 Å². The molecule has 10 heteroatoms. The molecule has 1 heterocycles. The van der Waals surface area contributed by atoms with Gasteiger partial charge in [-0.3, -0.25) is 9.59 Å². The Morgan fingerprint density at radius 1 is 1.12 bits per heavy atom. The molecule has 0 radical (unpaired) electrons. The van der Waals surface area contributed by atoms with Crippen molar-refractivity contribution in [1.29, 1.82) is 0 Å². The van der Waals surface area contributed by atoms with E-state index < -0.39 is 5.56 Å². The minimum absolute atomic E-state index is 0.0354. The molecule has 0 bridgehead atoms. The van der Waals surface area contributed by atoms with Crippen LogP contribution >= 0.6 is 0 Å². The molecule has 1 aromatic heterocycles. The second-order valence-corrected chi connectivity index (χ2v) is 7.39. The molecular formula is C24H27FN4O5. The number of rotatable bonds is 12. The number of H-pyrrole nitrogens is 1. The molecule has 180 valence electrons. The van der Waals surface area contributed by atoms with Crippen molar-refractivity contribution in [2.75, 3.05) is 27.4 Å². The third-order valence-electron chi connectivity index (χ3n) is 4.98. The van der Waals surface area contributed by atoms with Gasteiger partial charge in [0, 0.05) is 44.2 Å². The van der Waals surface area contributed by atoms with E-state index in [0.29, 0.717) is 42.2 Å². The summed E-state index contributed by atoms with van der Waals surface area (Å²) in [7, 11) is 3.08. The third kappa shape index (κ3) is 6.85. The summed E-state index contributed by atoms with van der Waals surface area (Å²) in [5.74, 6) is 0.534. The summed E-state index contributed by atoms with van der Waals surface area (Å²) < 4.78 is 29.8. The van der Waals surface area contributed by atoms with Gasteiger partial charge in [-0.2, -0.15) is 0 Å². The molecule has 3 rings (SSSR count). The van der Waals surface area contributed by atoms with Crippen LogP contribution in [0.15, 0.2) is 47.3 Å². The molecule has 0 unspecified atom stereocenters. The normalized spacial score (nSPS) is 10.7. The lowest BCUT2D eigenvalue weighted by molar-refractivity contribution is -0.121. The molecule has 0 atom stereocenters. The monoisotopic (exact) mass is 470 g/mol. The van der Waals surface area contributed by atoms with Crippen LogP contribution in [0.1, 0.15) is 24.1 Å². The molecule has 0 aliphatic carbocycles. The number of nitrogens with one attached hydrogen (secondary N) is 2. The zero-order valence-corrected chi connectivity index (χ0v) is 19.1. The largest absolute Gasteiger partial charge is 0.493 e. The molecule has 0 fully saturated rings. The Hall–Kier alpha value is -3.79. The van der Waals surface area contributed by atoms with E-state index in [0.717, 1.165) is 0 Å². The van der Waals surface area contributed by atoms with Crippen molar-refractivity contribution in [3.05, 3.63) is 69.9 Å². The molecule has 0 aliphatic heterocycles. The Labute approximate surface area is 196 Å². The predicted octanol–water partition coefficient (Wildman–Crippen LogP) is 2.64.